The van der Waals surface area contributed by atoms with E-state index in [2.05, 4.69) is 0 Å². The van der Waals surface area contributed by atoms with Crippen LogP contribution in [0.4, 0.5) is 15.3 Å². The smallest absolute Gasteiger partial charge is 0.252 e. The maximum Gasteiger partial charge on any atom is 0.344 e. The molecule has 1 aliphatic heterocycles. The van der Waals surface area contributed by atoms with E-state index in [9.17, 15) is 9.59 Å². The van der Waals surface area contributed by atoms with Crippen LogP contribution < -0.4 is 4.31 Å². The third-order valence-corrected chi connectivity index (χ3v) is 3.14. The molecule has 0 bridgehead atoms. The number of urea groups is 2. The first kappa shape index (κ1) is 10.8. The molecule has 0 N–H and O–H groups in total. The topological polar surface area (TPSA) is 43.9 Å². The third-order valence-electron chi connectivity index (χ3n) is 2.21. The first-order valence-corrected chi connectivity index (χ1v) is 5.43. The second kappa shape index (κ2) is 4.05. The van der Waals surface area contributed by atoms with Crippen molar-refractivity contribution in [1.29, 1.82) is 0 Å². The summed E-state index contributed by atoms with van der Waals surface area (Å²) in [4.78, 5) is 24.4. The maximum absolute atomic E-state index is 11.9. The standard InChI is InChI=1S/C10H11N3O2S/c1-11-9(14)12(2)16-13(10(11)15)8-6-4-3-5-7-8/h3-7H,1-2H3. The molecule has 0 aromatic heterocycles. The molecule has 1 saturated heterocycles. The maximum atomic E-state index is 11.9. The second-order valence-corrected chi connectivity index (χ2v) is 4.41. The van der Waals surface area contributed by atoms with Crippen LogP contribution in [0.25, 0.3) is 0 Å². The summed E-state index contributed by atoms with van der Waals surface area (Å²) in [5.74, 6) is 0. The second-order valence-electron chi connectivity index (χ2n) is 3.33. The van der Waals surface area contributed by atoms with Crippen LogP contribution in [0.2, 0.25) is 0 Å². The highest BCUT2D eigenvalue weighted by atomic mass is 32.2. The van der Waals surface area contributed by atoms with Crippen LogP contribution in [0.15, 0.2) is 30.3 Å². The van der Waals surface area contributed by atoms with Crippen LogP contribution in [0, 0.1) is 0 Å². The van der Waals surface area contributed by atoms with Gasteiger partial charge in [-0.25, -0.2) is 18.8 Å². The largest absolute Gasteiger partial charge is 0.344 e. The summed E-state index contributed by atoms with van der Waals surface area (Å²) < 4.78 is 2.88. The summed E-state index contributed by atoms with van der Waals surface area (Å²) in [7, 11) is 3.10. The predicted octanol–water partition coefficient (Wildman–Crippen LogP) is 2.17. The number of carbonyl (C=O) groups is 2. The highest BCUT2D eigenvalue weighted by Crippen LogP contribution is 2.29. The van der Waals surface area contributed by atoms with E-state index in [1.54, 1.807) is 7.05 Å². The molecule has 16 heavy (non-hydrogen) atoms. The van der Waals surface area contributed by atoms with Gasteiger partial charge in [-0.2, -0.15) is 0 Å². The molecule has 0 saturated carbocycles. The minimum absolute atomic E-state index is 0.317. The van der Waals surface area contributed by atoms with Crippen molar-refractivity contribution in [2.24, 2.45) is 0 Å². The lowest BCUT2D eigenvalue weighted by Crippen LogP contribution is -2.51. The average molecular weight is 237 g/mol. The Morgan fingerprint density at radius 3 is 2.25 bits per heavy atom. The molecule has 2 rings (SSSR count). The van der Waals surface area contributed by atoms with Crippen LogP contribution in [0.5, 0.6) is 0 Å². The molecule has 1 aliphatic rings. The van der Waals surface area contributed by atoms with Crippen LogP contribution in [-0.4, -0.2) is 35.4 Å². The van der Waals surface area contributed by atoms with Crippen molar-refractivity contribution in [3.05, 3.63) is 30.3 Å². The van der Waals surface area contributed by atoms with Crippen LogP contribution in [0.3, 0.4) is 0 Å². The van der Waals surface area contributed by atoms with E-state index in [-0.39, 0.29) is 12.1 Å². The lowest BCUT2D eigenvalue weighted by molar-refractivity contribution is 0.189. The van der Waals surface area contributed by atoms with Gasteiger partial charge in [0.15, 0.2) is 0 Å². The molecule has 1 heterocycles. The number of benzene rings is 1. The fraction of sp³-hybridized carbons (Fsp3) is 0.200. The number of carbonyl (C=O) groups excluding carboxylic acids is 2. The molecule has 1 fully saturated rings. The van der Waals surface area contributed by atoms with E-state index in [1.165, 1.54) is 15.7 Å². The van der Waals surface area contributed by atoms with E-state index in [1.807, 2.05) is 30.3 Å². The Balaban J connectivity index is 2.30. The molecule has 0 aliphatic carbocycles. The number of nitrogens with zero attached hydrogens (tertiary/aromatic N) is 3. The number of anilines is 1. The third kappa shape index (κ3) is 1.71. The molecular formula is C10H11N3O2S. The number of hydrogen-bond donors (Lipinski definition) is 0. The Kier molecular flexibility index (Phi) is 2.74. The monoisotopic (exact) mass is 237 g/mol. The highest BCUT2D eigenvalue weighted by Gasteiger charge is 2.34. The SMILES string of the molecule is CN1SN(c2ccccc2)C(=O)N(C)C1=O. The zero-order chi connectivity index (χ0) is 11.7. The van der Waals surface area contributed by atoms with Crippen LogP contribution >= 0.6 is 12.1 Å². The van der Waals surface area contributed by atoms with Gasteiger partial charge in [-0.15, -0.1) is 0 Å². The van der Waals surface area contributed by atoms with Crippen molar-refractivity contribution in [2.75, 3.05) is 18.4 Å². The van der Waals surface area contributed by atoms with Gasteiger partial charge >= 0.3 is 12.1 Å². The molecule has 84 valence electrons. The Morgan fingerprint density at radius 1 is 1.00 bits per heavy atom. The average Bonchev–Trinajstić information content (AvgIpc) is 2.32. The Hall–Kier alpha value is -1.69. The van der Waals surface area contributed by atoms with Gasteiger partial charge in [-0.1, -0.05) is 18.2 Å². The summed E-state index contributed by atoms with van der Waals surface area (Å²) in [6, 6.07) is 8.56. The molecule has 6 heteroatoms. The summed E-state index contributed by atoms with van der Waals surface area (Å²) in [6.07, 6.45) is 0. The normalized spacial score (nSPS) is 17.0. The van der Waals surface area contributed by atoms with Crippen LogP contribution in [-0.2, 0) is 0 Å². The number of rotatable bonds is 1. The minimum Gasteiger partial charge on any atom is -0.252 e. The van der Waals surface area contributed by atoms with Gasteiger partial charge < -0.3 is 0 Å². The highest BCUT2D eigenvalue weighted by molar-refractivity contribution is 7.99. The Bertz CT molecular complexity index is 423. The predicted molar refractivity (Wildman–Crippen MR) is 62.8 cm³/mol. The lowest BCUT2D eigenvalue weighted by Gasteiger charge is -2.35. The zero-order valence-corrected chi connectivity index (χ0v) is 9.77. The summed E-state index contributed by atoms with van der Waals surface area (Å²) in [6.45, 7) is 0. The first-order chi connectivity index (χ1) is 7.61. The molecule has 4 amide bonds. The van der Waals surface area contributed by atoms with Gasteiger partial charge in [0.05, 0.1) is 17.8 Å². The van der Waals surface area contributed by atoms with Gasteiger partial charge in [0.2, 0.25) is 0 Å². The van der Waals surface area contributed by atoms with E-state index in [4.69, 9.17) is 0 Å². The molecule has 1 aromatic carbocycles. The van der Waals surface area contributed by atoms with Gasteiger partial charge in [0.25, 0.3) is 0 Å². The summed E-state index contributed by atoms with van der Waals surface area (Å²) in [5.41, 5.74) is 0.753. The van der Waals surface area contributed by atoms with E-state index in [0.29, 0.717) is 0 Å². The number of para-hydroxylation sites is 1. The first-order valence-electron chi connectivity index (χ1n) is 4.70. The molecule has 0 radical (unpaired) electrons. The van der Waals surface area contributed by atoms with Gasteiger partial charge in [-0.3, -0.25) is 4.31 Å². The van der Waals surface area contributed by atoms with Crippen LogP contribution in [0.1, 0.15) is 0 Å². The van der Waals surface area contributed by atoms with Crippen molar-refractivity contribution in [3.63, 3.8) is 0 Å². The molecule has 1 aromatic rings. The number of imide groups is 1. The fourth-order valence-electron chi connectivity index (χ4n) is 1.34. The van der Waals surface area contributed by atoms with Gasteiger partial charge in [0, 0.05) is 14.1 Å². The van der Waals surface area contributed by atoms with Crippen molar-refractivity contribution in [3.8, 4) is 0 Å². The zero-order valence-electron chi connectivity index (χ0n) is 8.95. The van der Waals surface area contributed by atoms with Crippen molar-refractivity contribution in [2.45, 2.75) is 0 Å². The fourth-order valence-corrected chi connectivity index (χ4v) is 2.19. The Labute approximate surface area is 97.9 Å². The van der Waals surface area contributed by atoms with E-state index in [0.717, 1.165) is 22.7 Å². The van der Waals surface area contributed by atoms with E-state index < -0.39 is 0 Å². The van der Waals surface area contributed by atoms with Crippen molar-refractivity contribution < 1.29 is 9.59 Å². The molecule has 0 atom stereocenters. The molecule has 0 unspecified atom stereocenters. The molecular weight excluding hydrogens is 226 g/mol. The molecule has 0 spiro atoms. The molecule has 5 nitrogen and oxygen atoms in total. The summed E-state index contributed by atoms with van der Waals surface area (Å²) >= 11 is 1.09. The lowest BCUT2D eigenvalue weighted by atomic mass is 10.3. The number of hydrogen-bond acceptors (Lipinski definition) is 3. The van der Waals surface area contributed by atoms with Crippen molar-refractivity contribution in [1.82, 2.24) is 9.21 Å². The number of amides is 4. The Morgan fingerprint density at radius 2 is 1.62 bits per heavy atom. The summed E-state index contributed by atoms with van der Waals surface area (Å²) in [5, 5.41) is 0. The minimum atomic E-state index is -0.334. The van der Waals surface area contributed by atoms with Crippen molar-refractivity contribution >= 4 is 29.9 Å². The van der Waals surface area contributed by atoms with Gasteiger partial charge in [0.1, 0.15) is 0 Å². The quantitative estimate of drug-likeness (QED) is 0.703. The van der Waals surface area contributed by atoms with Gasteiger partial charge in [-0.05, 0) is 12.1 Å². The van der Waals surface area contributed by atoms with E-state index >= 15 is 0 Å².